The Bertz CT molecular complexity index is 906. The number of nitrogens with one attached hydrogen (secondary N) is 1. The van der Waals surface area contributed by atoms with Gasteiger partial charge in [-0.1, -0.05) is 35.9 Å². The Morgan fingerprint density at radius 3 is 2.56 bits per heavy atom. The number of carbonyl (C=O) groups excluding carboxylic acids is 2. The number of amides is 1. The van der Waals surface area contributed by atoms with E-state index in [1.54, 1.807) is 4.90 Å². The van der Waals surface area contributed by atoms with Gasteiger partial charge in [-0.05, 0) is 38.1 Å². The van der Waals surface area contributed by atoms with Crippen LogP contribution in [0.4, 0.5) is 17.1 Å². The lowest BCUT2D eigenvalue weighted by Crippen LogP contribution is -2.55. The number of nitrogens with zero attached hydrogens (tertiary/aromatic N) is 2. The number of para-hydroxylation sites is 2. The molecule has 27 heavy (non-hydrogen) atoms. The summed E-state index contributed by atoms with van der Waals surface area (Å²) in [6.45, 7) is 7.96. The third kappa shape index (κ3) is 2.70. The average Bonchev–Trinajstić information content (AvgIpc) is 2.94. The number of aryl methyl sites for hydroxylation is 1. The van der Waals surface area contributed by atoms with Crippen LogP contribution in [0.25, 0.3) is 0 Å². The molecule has 5 heteroatoms. The van der Waals surface area contributed by atoms with Crippen LogP contribution in [-0.4, -0.2) is 30.4 Å². The Hall–Kier alpha value is -3.08. The predicted molar refractivity (Wildman–Crippen MR) is 108 cm³/mol. The monoisotopic (exact) mass is 361 g/mol. The topological polar surface area (TPSA) is 52.7 Å². The van der Waals surface area contributed by atoms with Crippen LogP contribution in [0.3, 0.4) is 0 Å². The molecule has 0 aromatic heterocycles. The summed E-state index contributed by atoms with van der Waals surface area (Å²) < 4.78 is 0. The smallest absolute Gasteiger partial charge is 0.241 e. The van der Waals surface area contributed by atoms with Gasteiger partial charge in [0.1, 0.15) is 17.9 Å². The minimum absolute atomic E-state index is 0.111. The summed E-state index contributed by atoms with van der Waals surface area (Å²) in [6, 6.07) is 15.5. The first-order valence-electron chi connectivity index (χ1n) is 9.16. The van der Waals surface area contributed by atoms with Crippen molar-refractivity contribution in [1.82, 2.24) is 0 Å². The number of benzene rings is 2. The number of hydrogen-bond acceptors (Lipinski definition) is 4. The second-order valence-corrected chi connectivity index (χ2v) is 7.17. The van der Waals surface area contributed by atoms with Crippen molar-refractivity contribution < 1.29 is 9.59 Å². The molecule has 1 N–H and O–H groups in total. The molecule has 1 fully saturated rings. The zero-order chi connectivity index (χ0) is 19.1. The molecule has 2 heterocycles. The van der Waals surface area contributed by atoms with Crippen molar-refractivity contribution in [2.45, 2.75) is 26.1 Å². The van der Waals surface area contributed by atoms with E-state index in [1.807, 2.05) is 61.5 Å². The molecule has 3 atom stereocenters. The fourth-order valence-electron chi connectivity index (χ4n) is 4.20. The number of anilines is 3. The van der Waals surface area contributed by atoms with Crippen molar-refractivity contribution in [3.63, 3.8) is 0 Å². The SMILES string of the molecule is C=CCN1c2ccccc2N[C@H]2[C@H]1[C@H](C(C)=O)C(=O)N2c1ccc(C)cc1. The van der Waals surface area contributed by atoms with E-state index in [2.05, 4.69) is 16.8 Å². The molecular formula is C22H23N3O2. The molecule has 138 valence electrons. The van der Waals surface area contributed by atoms with Gasteiger partial charge in [-0.15, -0.1) is 6.58 Å². The van der Waals surface area contributed by atoms with Gasteiger partial charge in [-0.25, -0.2) is 0 Å². The Morgan fingerprint density at radius 1 is 1.19 bits per heavy atom. The van der Waals surface area contributed by atoms with Crippen LogP contribution < -0.4 is 15.1 Å². The lowest BCUT2D eigenvalue weighted by Gasteiger charge is -2.43. The van der Waals surface area contributed by atoms with E-state index < -0.39 is 5.92 Å². The van der Waals surface area contributed by atoms with Crippen molar-refractivity contribution >= 4 is 28.8 Å². The fourth-order valence-corrected chi connectivity index (χ4v) is 4.20. The highest BCUT2D eigenvalue weighted by atomic mass is 16.2. The predicted octanol–water partition coefficient (Wildman–Crippen LogP) is 3.36. The van der Waals surface area contributed by atoms with Crippen molar-refractivity contribution in [2.24, 2.45) is 5.92 Å². The van der Waals surface area contributed by atoms with Crippen molar-refractivity contribution in [2.75, 3.05) is 21.7 Å². The summed E-state index contributed by atoms with van der Waals surface area (Å²) in [5.74, 6) is -0.979. The van der Waals surface area contributed by atoms with Gasteiger partial charge in [-0.3, -0.25) is 14.5 Å². The molecule has 0 bridgehead atoms. The summed E-state index contributed by atoms with van der Waals surface area (Å²) >= 11 is 0. The molecule has 0 aliphatic carbocycles. The van der Waals surface area contributed by atoms with Crippen LogP contribution in [0.1, 0.15) is 12.5 Å². The Kier molecular flexibility index (Phi) is 4.22. The number of Topliss-reactive ketones (excluding diaryl/α,β-unsaturated/α-hetero) is 1. The van der Waals surface area contributed by atoms with Gasteiger partial charge >= 0.3 is 0 Å². The van der Waals surface area contributed by atoms with Gasteiger partial charge in [0.05, 0.1) is 17.4 Å². The van der Waals surface area contributed by atoms with E-state index in [0.717, 1.165) is 22.6 Å². The van der Waals surface area contributed by atoms with Crippen molar-refractivity contribution in [3.8, 4) is 0 Å². The number of rotatable bonds is 4. The summed E-state index contributed by atoms with van der Waals surface area (Å²) in [7, 11) is 0. The first kappa shape index (κ1) is 17.3. The summed E-state index contributed by atoms with van der Waals surface area (Å²) in [4.78, 5) is 29.7. The number of carbonyl (C=O) groups is 2. The first-order valence-corrected chi connectivity index (χ1v) is 9.16. The van der Waals surface area contributed by atoms with Crippen molar-refractivity contribution in [3.05, 3.63) is 66.7 Å². The summed E-state index contributed by atoms with van der Waals surface area (Å²) in [5, 5.41) is 3.50. The normalized spacial score (nSPS) is 23.5. The standard InChI is InChI=1S/C22H23N3O2/c1-4-13-24-18-8-6-5-7-17(18)23-21-20(24)19(15(3)26)22(27)25(21)16-11-9-14(2)10-12-16/h4-12,19-21,23H,1,13H2,2-3H3/t19-,20+,21+/m0/s1. The summed E-state index contributed by atoms with van der Waals surface area (Å²) in [5.41, 5.74) is 3.87. The van der Waals surface area contributed by atoms with Crippen LogP contribution in [0.5, 0.6) is 0 Å². The lowest BCUT2D eigenvalue weighted by molar-refractivity contribution is -0.129. The second-order valence-electron chi connectivity index (χ2n) is 7.17. The highest BCUT2D eigenvalue weighted by Gasteiger charge is 2.55. The molecule has 0 unspecified atom stereocenters. The van der Waals surface area contributed by atoms with Gasteiger partial charge in [-0.2, -0.15) is 0 Å². The van der Waals surface area contributed by atoms with Crippen LogP contribution >= 0.6 is 0 Å². The fraction of sp³-hybridized carbons (Fsp3) is 0.273. The maximum absolute atomic E-state index is 13.3. The molecule has 1 saturated heterocycles. The third-order valence-electron chi connectivity index (χ3n) is 5.40. The molecular weight excluding hydrogens is 338 g/mol. The lowest BCUT2D eigenvalue weighted by atomic mass is 9.93. The van der Waals surface area contributed by atoms with Gasteiger partial charge in [0.2, 0.25) is 5.91 Å². The molecule has 1 amide bonds. The molecule has 0 radical (unpaired) electrons. The van der Waals surface area contributed by atoms with Gasteiger partial charge in [0.25, 0.3) is 0 Å². The van der Waals surface area contributed by atoms with E-state index in [0.29, 0.717) is 6.54 Å². The molecule has 2 aromatic carbocycles. The Balaban J connectivity index is 1.86. The van der Waals surface area contributed by atoms with Crippen LogP contribution in [-0.2, 0) is 9.59 Å². The highest BCUT2D eigenvalue weighted by molar-refractivity contribution is 6.12. The van der Waals surface area contributed by atoms with Crippen LogP contribution in [0.2, 0.25) is 0 Å². The van der Waals surface area contributed by atoms with Crippen LogP contribution in [0.15, 0.2) is 61.2 Å². The van der Waals surface area contributed by atoms with E-state index in [-0.39, 0.29) is 23.9 Å². The number of ketones is 1. The van der Waals surface area contributed by atoms with Gasteiger partial charge in [0, 0.05) is 12.2 Å². The largest absolute Gasteiger partial charge is 0.361 e. The van der Waals surface area contributed by atoms with E-state index in [9.17, 15) is 9.59 Å². The van der Waals surface area contributed by atoms with Gasteiger partial charge in [0.15, 0.2) is 0 Å². The van der Waals surface area contributed by atoms with E-state index in [1.165, 1.54) is 6.92 Å². The zero-order valence-corrected chi connectivity index (χ0v) is 15.6. The minimum Gasteiger partial charge on any atom is -0.361 e. The maximum Gasteiger partial charge on any atom is 0.241 e. The first-order chi connectivity index (χ1) is 13.0. The zero-order valence-electron chi connectivity index (χ0n) is 15.6. The molecule has 0 spiro atoms. The molecule has 5 nitrogen and oxygen atoms in total. The second kappa shape index (κ2) is 6.58. The van der Waals surface area contributed by atoms with Gasteiger partial charge < -0.3 is 10.2 Å². The van der Waals surface area contributed by atoms with E-state index in [4.69, 9.17) is 0 Å². The molecule has 4 rings (SSSR count). The summed E-state index contributed by atoms with van der Waals surface area (Å²) in [6.07, 6.45) is 1.50. The maximum atomic E-state index is 13.3. The Labute approximate surface area is 159 Å². The molecule has 0 saturated carbocycles. The molecule has 2 aliphatic rings. The number of fused-ring (bicyclic) bond motifs is 2. The number of hydrogen-bond donors (Lipinski definition) is 1. The molecule has 2 aliphatic heterocycles. The molecule has 2 aromatic rings. The average molecular weight is 361 g/mol. The minimum atomic E-state index is -0.711. The highest BCUT2D eigenvalue weighted by Crippen LogP contribution is 2.43. The van der Waals surface area contributed by atoms with Crippen LogP contribution in [0, 0.1) is 12.8 Å². The Morgan fingerprint density at radius 2 is 1.89 bits per heavy atom. The quantitative estimate of drug-likeness (QED) is 0.670. The van der Waals surface area contributed by atoms with E-state index >= 15 is 0 Å². The third-order valence-corrected chi connectivity index (χ3v) is 5.40. The van der Waals surface area contributed by atoms with Crippen molar-refractivity contribution in [1.29, 1.82) is 0 Å².